The summed E-state index contributed by atoms with van der Waals surface area (Å²) in [6, 6.07) is 10.7. The summed E-state index contributed by atoms with van der Waals surface area (Å²) in [5.74, 6) is -0.587. The third kappa shape index (κ3) is 5.81. The number of amides is 2. The molecule has 2 rings (SSSR count). The van der Waals surface area contributed by atoms with Crippen molar-refractivity contribution >= 4 is 17.9 Å². The zero-order chi connectivity index (χ0) is 19.8. The molecule has 27 heavy (non-hydrogen) atoms. The fourth-order valence-corrected chi connectivity index (χ4v) is 2.32. The van der Waals surface area contributed by atoms with Gasteiger partial charge in [-0.3, -0.25) is 23.5 Å². The number of carbonyl (C=O) groups excluding carboxylic acids is 2. The molecule has 0 aliphatic rings. The van der Waals surface area contributed by atoms with Crippen LogP contribution in [-0.4, -0.2) is 27.5 Å². The number of aromatic nitrogens is 2. The molecular weight excluding hydrogens is 348 g/mol. The minimum atomic E-state index is -0.454. The first-order valence-corrected chi connectivity index (χ1v) is 8.42. The summed E-state index contributed by atoms with van der Waals surface area (Å²) in [5.41, 5.74) is 0.431. The zero-order valence-electron chi connectivity index (χ0n) is 15.3. The van der Waals surface area contributed by atoms with Gasteiger partial charge in [0, 0.05) is 44.9 Å². The Morgan fingerprint density at radius 1 is 1.04 bits per heavy atom. The van der Waals surface area contributed by atoms with Crippen LogP contribution in [0.2, 0.25) is 0 Å². The SMILES string of the molecule is Cn1c(CNC(=O)CCNC(=O)C=Cc2ccccc2)cc(=O)n(C)c1=O. The van der Waals surface area contributed by atoms with E-state index in [0.29, 0.717) is 5.69 Å². The molecule has 0 aliphatic heterocycles. The van der Waals surface area contributed by atoms with E-state index in [4.69, 9.17) is 0 Å². The van der Waals surface area contributed by atoms with Gasteiger partial charge in [0.25, 0.3) is 5.56 Å². The average Bonchev–Trinajstić information content (AvgIpc) is 2.67. The van der Waals surface area contributed by atoms with Crippen LogP contribution in [0.25, 0.3) is 6.08 Å². The van der Waals surface area contributed by atoms with Gasteiger partial charge in [-0.25, -0.2) is 4.79 Å². The summed E-state index contributed by atoms with van der Waals surface area (Å²) in [7, 11) is 2.92. The van der Waals surface area contributed by atoms with E-state index >= 15 is 0 Å². The van der Waals surface area contributed by atoms with E-state index in [2.05, 4.69) is 10.6 Å². The Labute approximate surface area is 156 Å². The summed E-state index contributed by atoms with van der Waals surface area (Å²) >= 11 is 0. The minimum Gasteiger partial charge on any atom is -0.352 e. The number of nitrogens with one attached hydrogen (secondary N) is 2. The highest BCUT2D eigenvalue weighted by molar-refractivity contribution is 5.92. The van der Waals surface area contributed by atoms with Gasteiger partial charge in [0.05, 0.1) is 6.54 Å². The Hall–Kier alpha value is -3.42. The summed E-state index contributed by atoms with van der Waals surface area (Å²) in [6.45, 7) is 0.238. The molecule has 0 saturated heterocycles. The molecule has 8 heteroatoms. The quantitative estimate of drug-likeness (QED) is 0.666. The molecule has 0 unspecified atom stereocenters. The highest BCUT2D eigenvalue weighted by Crippen LogP contribution is 2.00. The molecule has 0 spiro atoms. The van der Waals surface area contributed by atoms with Crippen molar-refractivity contribution < 1.29 is 9.59 Å². The van der Waals surface area contributed by atoms with Crippen molar-refractivity contribution in [2.75, 3.05) is 6.54 Å². The molecule has 0 bridgehead atoms. The number of carbonyl (C=O) groups is 2. The number of hydrogen-bond donors (Lipinski definition) is 2. The predicted octanol–water partition coefficient (Wildman–Crippen LogP) is -0.0801. The molecule has 0 atom stereocenters. The third-order valence-electron chi connectivity index (χ3n) is 3.97. The topological polar surface area (TPSA) is 102 Å². The van der Waals surface area contributed by atoms with Gasteiger partial charge in [-0.2, -0.15) is 0 Å². The lowest BCUT2D eigenvalue weighted by atomic mass is 10.2. The van der Waals surface area contributed by atoms with Gasteiger partial charge >= 0.3 is 5.69 Å². The number of nitrogens with zero attached hydrogens (tertiary/aromatic N) is 2. The Morgan fingerprint density at radius 3 is 2.44 bits per heavy atom. The van der Waals surface area contributed by atoms with Gasteiger partial charge in [0.1, 0.15) is 0 Å². The van der Waals surface area contributed by atoms with Gasteiger partial charge in [-0.1, -0.05) is 30.3 Å². The second kappa shape index (κ2) is 9.33. The van der Waals surface area contributed by atoms with Crippen LogP contribution in [0.5, 0.6) is 0 Å². The highest BCUT2D eigenvalue weighted by atomic mass is 16.2. The standard InChI is InChI=1S/C19H22N4O4/c1-22-15(12-18(26)23(2)19(22)27)13-21-17(25)10-11-20-16(24)9-8-14-6-4-3-5-7-14/h3-9,12H,10-11,13H2,1-2H3,(H,20,24)(H,21,25). The van der Waals surface area contributed by atoms with E-state index in [9.17, 15) is 19.2 Å². The van der Waals surface area contributed by atoms with Gasteiger partial charge in [-0.05, 0) is 11.6 Å². The van der Waals surface area contributed by atoms with Crippen molar-refractivity contribution in [2.24, 2.45) is 14.1 Å². The molecule has 0 saturated carbocycles. The van der Waals surface area contributed by atoms with Crippen molar-refractivity contribution in [3.63, 3.8) is 0 Å². The fraction of sp³-hybridized carbons (Fsp3) is 0.263. The predicted molar refractivity (Wildman–Crippen MR) is 102 cm³/mol. The first-order valence-electron chi connectivity index (χ1n) is 8.42. The van der Waals surface area contributed by atoms with Crippen LogP contribution in [0.4, 0.5) is 0 Å². The first-order chi connectivity index (χ1) is 12.9. The van der Waals surface area contributed by atoms with Crippen LogP contribution in [0.3, 0.4) is 0 Å². The maximum atomic E-state index is 11.9. The van der Waals surface area contributed by atoms with E-state index < -0.39 is 11.2 Å². The molecule has 0 aliphatic carbocycles. The molecule has 1 heterocycles. The molecule has 2 amide bonds. The maximum absolute atomic E-state index is 11.9. The lowest BCUT2D eigenvalue weighted by Crippen LogP contribution is -2.39. The number of benzene rings is 1. The normalized spacial score (nSPS) is 10.7. The van der Waals surface area contributed by atoms with E-state index in [1.165, 1.54) is 30.8 Å². The Kier molecular flexibility index (Phi) is 6.87. The van der Waals surface area contributed by atoms with Gasteiger partial charge < -0.3 is 10.6 Å². The number of rotatable bonds is 7. The van der Waals surface area contributed by atoms with Crippen molar-refractivity contribution in [3.8, 4) is 0 Å². The molecule has 0 radical (unpaired) electrons. The van der Waals surface area contributed by atoms with Crippen LogP contribution in [0, 0.1) is 0 Å². The zero-order valence-corrected chi connectivity index (χ0v) is 15.3. The third-order valence-corrected chi connectivity index (χ3v) is 3.97. The van der Waals surface area contributed by atoms with E-state index in [0.717, 1.165) is 10.1 Å². The molecule has 8 nitrogen and oxygen atoms in total. The second-order valence-electron chi connectivity index (χ2n) is 5.94. The summed E-state index contributed by atoms with van der Waals surface area (Å²) in [4.78, 5) is 47.1. The Bertz CT molecular complexity index is 958. The maximum Gasteiger partial charge on any atom is 0.330 e. The minimum absolute atomic E-state index is 0.0580. The van der Waals surface area contributed by atoms with E-state index in [1.807, 2.05) is 30.3 Å². The van der Waals surface area contributed by atoms with Gasteiger partial charge in [-0.15, -0.1) is 0 Å². The van der Waals surface area contributed by atoms with Crippen molar-refractivity contribution in [2.45, 2.75) is 13.0 Å². The second-order valence-corrected chi connectivity index (χ2v) is 5.94. The molecular formula is C19H22N4O4. The molecule has 1 aromatic carbocycles. The van der Waals surface area contributed by atoms with Crippen LogP contribution in [-0.2, 0) is 30.2 Å². The fourth-order valence-electron chi connectivity index (χ4n) is 2.32. The van der Waals surface area contributed by atoms with Crippen LogP contribution < -0.4 is 21.9 Å². The average molecular weight is 370 g/mol. The van der Waals surface area contributed by atoms with Crippen LogP contribution >= 0.6 is 0 Å². The van der Waals surface area contributed by atoms with Crippen molar-refractivity contribution in [3.05, 3.63) is 74.6 Å². The summed E-state index contributed by atoms with van der Waals surface area (Å²) in [6.07, 6.45) is 3.18. The lowest BCUT2D eigenvalue weighted by Gasteiger charge is -2.10. The monoisotopic (exact) mass is 370 g/mol. The van der Waals surface area contributed by atoms with Crippen molar-refractivity contribution in [1.82, 2.24) is 19.8 Å². The Morgan fingerprint density at radius 2 is 1.74 bits per heavy atom. The molecule has 0 fully saturated rings. The van der Waals surface area contributed by atoms with E-state index in [1.54, 1.807) is 6.08 Å². The first kappa shape index (κ1) is 19.9. The largest absolute Gasteiger partial charge is 0.352 e. The lowest BCUT2D eigenvalue weighted by molar-refractivity contribution is -0.121. The van der Waals surface area contributed by atoms with Crippen LogP contribution in [0.15, 0.2) is 52.1 Å². The van der Waals surface area contributed by atoms with Gasteiger partial charge in [0.2, 0.25) is 11.8 Å². The van der Waals surface area contributed by atoms with Crippen LogP contribution in [0.1, 0.15) is 17.7 Å². The van der Waals surface area contributed by atoms with Gasteiger partial charge in [0.15, 0.2) is 0 Å². The Balaban J connectivity index is 1.77. The smallest absolute Gasteiger partial charge is 0.330 e. The molecule has 1 aromatic heterocycles. The van der Waals surface area contributed by atoms with E-state index in [-0.39, 0.29) is 31.3 Å². The van der Waals surface area contributed by atoms with Crippen molar-refractivity contribution in [1.29, 1.82) is 0 Å². The number of hydrogen-bond acceptors (Lipinski definition) is 4. The molecule has 2 aromatic rings. The summed E-state index contributed by atoms with van der Waals surface area (Å²) in [5, 5.41) is 5.25. The molecule has 2 N–H and O–H groups in total. The molecule has 142 valence electrons. The highest BCUT2D eigenvalue weighted by Gasteiger charge is 2.08. The summed E-state index contributed by atoms with van der Waals surface area (Å²) < 4.78 is 2.29.